The fraction of sp³-hybridized carbons (Fsp3) is 1.00. The van der Waals surface area contributed by atoms with Gasteiger partial charge in [-0.15, -0.1) is 0 Å². The summed E-state index contributed by atoms with van der Waals surface area (Å²) >= 11 is 0. The fourth-order valence-electron chi connectivity index (χ4n) is 3.89. The first-order chi connectivity index (χ1) is 9.95. The van der Waals surface area contributed by atoms with Crippen LogP contribution in [-0.2, 0) is 0 Å². The molecule has 126 valence electrons. The van der Waals surface area contributed by atoms with E-state index in [0.717, 1.165) is 12.3 Å². The van der Waals surface area contributed by atoms with Crippen LogP contribution >= 0.6 is 0 Å². The number of hydrogen-bond donors (Lipinski definition) is 1. The molecule has 3 atom stereocenters. The second-order valence-electron chi connectivity index (χ2n) is 8.47. The molecule has 0 heterocycles. The molecule has 1 aliphatic rings. The zero-order valence-corrected chi connectivity index (χ0v) is 15.2. The van der Waals surface area contributed by atoms with E-state index in [1.165, 1.54) is 70.6 Å². The third-order valence-electron chi connectivity index (χ3n) is 5.60. The van der Waals surface area contributed by atoms with Crippen LogP contribution in [0.25, 0.3) is 0 Å². The summed E-state index contributed by atoms with van der Waals surface area (Å²) in [5.41, 5.74) is 0.414. The molecule has 1 aliphatic carbocycles. The van der Waals surface area contributed by atoms with Crippen molar-refractivity contribution >= 4 is 0 Å². The van der Waals surface area contributed by atoms with E-state index in [0.29, 0.717) is 11.3 Å². The fourth-order valence-corrected chi connectivity index (χ4v) is 3.89. The average molecular weight is 297 g/mol. The highest BCUT2D eigenvalue weighted by atomic mass is 16.3. The van der Waals surface area contributed by atoms with Crippen molar-refractivity contribution < 1.29 is 5.11 Å². The second kappa shape index (κ2) is 9.87. The van der Waals surface area contributed by atoms with Crippen molar-refractivity contribution in [3.63, 3.8) is 0 Å². The Hall–Kier alpha value is -0.0400. The summed E-state index contributed by atoms with van der Waals surface area (Å²) in [6.45, 7) is 9.37. The Bertz CT molecular complexity index is 253. The number of aliphatic hydroxyl groups is 1. The van der Waals surface area contributed by atoms with E-state index < -0.39 is 0 Å². The van der Waals surface area contributed by atoms with Crippen LogP contribution in [0.4, 0.5) is 0 Å². The van der Waals surface area contributed by atoms with E-state index in [4.69, 9.17) is 0 Å². The molecule has 21 heavy (non-hydrogen) atoms. The van der Waals surface area contributed by atoms with E-state index in [2.05, 4.69) is 27.7 Å². The molecule has 0 bridgehead atoms. The molecule has 1 N–H and O–H groups in total. The smallest absolute Gasteiger partial charge is 0.0568 e. The second-order valence-corrected chi connectivity index (χ2v) is 8.47. The first-order valence-corrected chi connectivity index (χ1v) is 9.63. The van der Waals surface area contributed by atoms with Crippen LogP contribution in [0.5, 0.6) is 0 Å². The molecule has 0 amide bonds. The molecule has 3 unspecified atom stereocenters. The van der Waals surface area contributed by atoms with Gasteiger partial charge in [0.25, 0.3) is 0 Å². The summed E-state index contributed by atoms with van der Waals surface area (Å²) in [7, 11) is 0. The highest BCUT2D eigenvalue weighted by Crippen LogP contribution is 2.41. The number of unbranched alkanes of at least 4 members (excludes halogenated alkanes) is 7. The van der Waals surface area contributed by atoms with E-state index in [-0.39, 0.29) is 6.10 Å². The highest BCUT2D eigenvalue weighted by molar-refractivity contribution is 4.85. The van der Waals surface area contributed by atoms with Crippen molar-refractivity contribution in [3.8, 4) is 0 Å². The summed E-state index contributed by atoms with van der Waals surface area (Å²) in [6.07, 6.45) is 15.8. The molecule has 0 aromatic rings. The van der Waals surface area contributed by atoms with Gasteiger partial charge < -0.3 is 5.11 Å². The molecule has 1 saturated carbocycles. The van der Waals surface area contributed by atoms with E-state index >= 15 is 0 Å². The summed E-state index contributed by atoms with van der Waals surface area (Å²) < 4.78 is 0. The van der Waals surface area contributed by atoms with Gasteiger partial charge in [-0.2, -0.15) is 0 Å². The highest BCUT2D eigenvalue weighted by Gasteiger charge is 2.34. The van der Waals surface area contributed by atoms with Crippen molar-refractivity contribution in [3.05, 3.63) is 0 Å². The Kier molecular flexibility index (Phi) is 8.94. The van der Waals surface area contributed by atoms with Crippen LogP contribution in [0.15, 0.2) is 0 Å². The predicted octanol–water partition coefficient (Wildman–Crippen LogP) is 6.34. The lowest BCUT2D eigenvalue weighted by molar-refractivity contribution is 0.0148. The monoisotopic (exact) mass is 296 g/mol. The van der Waals surface area contributed by atoms with E-state index in [9.17, 15) is 5.11 Å². The largest absolute Gasteiger partial charge is 0.393 e. The molecule has 1 fully saturated rings. The molecule has 0 spiro atoms. The van der Waals surface area contributed by atoms with E-state index in [1.54, 1.807) is 0 Å². The Balaban J connectivity index is 2.12. The molecule has 0 aromatic carbocycles. The topological polar surface area (TPSA) is 20.2 Å². The lowest BCUT2D eigenvalue weighted by Crippen LogP contribution is -2.34. The lowest BCUT2D eigenvalue weighted by Gasteiger charge is -2.40. The summed E-state index contributed by atoms with van der Waals surface area (Å²) in [5.74, 6) is 1.38. The summed E-state index contributed by atoms with van der Waals surface area (Å²) in [5, 5.41) is 10.3. The molecule has 0 saturated heterocycles. The van der Waals surface area contributed by atoms with Gasteiger partial charge in [-0.25, -0.2) is 0 Å². The van der Waals surface area contributed by atoms with Gasteiger partial charge in [0.15, 0.2) is 0 Å². The van der Waals surface area contributed by atoms with E-state index in [1.807, 2.05) is 0 Å². The van der Waals surface area contributed by atoms with Gasteiger partial charge in [0.05, 0.1) is 6.10 Å². The van der Waals surface area contributed by atoms with Gasteiger partial charge in [-0.1, -0.05) is 79.1 Å². The third-order valence-corrected chi connectivity index (χ3v) is 5.60. The maximum absolute atomic E-state index is 10.3. The molecular formula is C20H40O. The van der Waals surface area contributed by atoms with Crippen molar-refractivity contribution in [1.82, 2.24) is 0 Å². The molecule has 1 nitrogen and oxygen atoms in total. The molecule has 0 aromatic heterocycles. The molecule has 1 rings (SSSR count). The quantitative estimate of drug-likeness (QED) is 0.492. The summed E-state index contributed by atoms with van der Waals surface area (Å²) in [6, 6.07) is 0. The minimum Gasteiger partial charge on any atom is -0.393 e. The Morgan fingerprint density at radius 1 is 0.857 bits per heavy atom. The Morgan fingerprint density at radius 2 is 1.43 bits per heavy atom. The third kappa shape index (κ3) is 7.68. The van der Waals surface area contributed by atoms with Crippen molar-refractivity contribution in [1.29, 1.82) is 0 Å². The maximum Gasteiger partial charge on any atom is 0.0568 e. The van der Waals surface area contributed by atoms with Gasteiger partial charge in [0.1, 0.15) is 0 Å². The van der Waals surface area contributed by atoms with Gasteiger partial charge in [-0.05, 0) is 42.9 Å². The van der Waals surface area contributed by atoms with Gasteiger partial charge in [-0.3, -0.25) is 0 Å². The number of hydrogen-bond acceptors (Lipinski definition) is 1. The molecule has 0 aliphatic heterocycles. The Labute approximate surface area is 133 Å². The van der Waals surface area contributed by atoms with Crippen molar-refractivity contribution in [2.45, 2.75) is 111 Å². The van der Waals surface area contributed by atoms with Crippen molar-refractivity contribution in [2.24, 2.45) is 17.3 Å². The standard InChI is InChI=1S/C20H40O/c1-5-6-7-8-9-10-11-12-13-17-16-18(20(2,3)4)14-15-19(17)21/h17-19,21H,5-16H2,1-4H3. The molecule has 1 heteroatoms. The molecule has 0 radical (unpaired) electrons. The van der Waals surface area contributed by atoms with Crippen molar-refractivity contribution in [2.75, 3.05) is 0 Å². The normalized spacial score (nSPS) is 27.0. The van der Waals surface area contributed by atoms with Gasteiger partial charge in [0.2, 0.25) is 0 Å². The summed E-state index contributed by atoms with van der Waals surface area (Å²) in [4.78, 5) is 0. The van der Waals surface area contributed by atoms with Crippen LogP contribution in [0.2, 0.25) is 0 Å². The van der Waals surface area contributed by atoms with Crippen LogP contribution < -0.4 is 0 Å². The first kappa shape index (κ1) is 19.0. The minimum atomic E-state index is -0.0202. The maximum atomic E-state index is 10.3. The molecular weight excluding hydrogens is 256 g/mol. The number of rotatable bonds is 9. The lowest BCUT2D eigenvalue weighted by atomic mass is 9.67. The van der Waals surface area contributed by atoms with Crippen LogP contribution in [0.1, 0.15) is 105 Å². The minimum absolute atomic E-state index is 0.0202. The zero-order valence-electron chi connectivity index (χ0n) is 15.2. The average Bonchev–Trinajstić information content (AvgIpc) is 2.42. The first-order valence-electron chi connectivity index (χ1n) is 9.63. The van der Waals surface area contributed by atoms with Crippen LogP contribution in [0, 0.1) is 17.3 Å². The SMILES string of the molecule is CCCCCCCCCCC1CC(C(C)(C)C)CCC1O. The van der Waals surface area contributed by atoms with Gasteiger partial charge >= 0.3 is 0 Å². The van der Waals surface area contributed by atoms with Gasteiger partial charge in [0, 0.05) is 0 Å². The Morgan fingerprint density at radius 3 is 2.00 bits per heavy atom. The zero-order chi connectivity index (χ0) is 15.7. The number of aliphatic hydroxyl groups excluding tert-OH is 1. The van der Waals surface area contributed by atoms with Crippen LogP contribution in [0.3, 0.4) is 0 Å². The predicted molar refractivity (Wildman–Crippen MR) is 93.5 cm³/mol. The van der Waals surface area contributed by atoms with Crippen LogP contribution in [-0.4, -0.2) is 11.2 Å².